The first-order valence-corrected chi connectivity index (χ1v) is 4.93. The first-order valence-electron chi connectivity index (χ1n) is 4.93. The van der Waals surface area contributed by atoms with Crippen LogP contribution in [0.4, 0.5) is 0 Å². The second-order valence-corrected chi connectivity index (χ2v) is 4.40. The van der Waals surface area contributed by atoms with Crippen molar-refractivity contribution in [1.29, 1.82) is 0 Å². The summed E-state index contributed by atoms with van der Waals surface area (Å²) in [6.45, 7) is 13.9. The third kappa shape index (κ3) is 9.57. The Morgan fingerprint density at radius 1 is 1.46 bits per heavy atom. The fraction of sp³-hybridized carbons (Fsp3) is 0.818. The number of hydrogen-bond donors (Lipinski definition) is 1. The zero-order valence-corrected chi connectivity index (χ0v) is 9.39. The summed E-state index contributed by atoms with van der Waals surface area (Å²) in [5.74, 6) is 0. The molecule has 0 aromatic carbocycles. The van der Waals surface area contributed by atoms with E-state index in [4.69, 9.17) is 4.74 Å². The van der Waals surface area contributed by atoms with Crippen molar-refractivity contribution in [1.82, 2.24) is 5.32 Å². The molecule has 0 saturated heterocycles. The Morgan fingerprint density at radius 3 is 2.54 bits per heavy atom. The Kier molecular flexibility index (Phi) is 6.00. The van der Waals surface area contributed by atoms with Crippen LogP contribution < -0.4 is 5.32 Å². The van der Waals surface area contributed by atoms with Gasteiger partial charge < -0.3 is 10.1 Å². The van der Waals surface area contributed by atoms with Crippen LogP contribution in [0, 0.1) is 0 Å². The van der Waals surface area contributed by atoms with Gasteiger partial charge in [-0.25, -0.2) is 0 Å². The lowest BCUT2D eigenvalue weighted by Gasteiger charge is -2.21. The van der Waals surface area contributed by atoms with E-state index in [0.717, 1.165) is 13.0 Å². The van der Waals surface area contributed by atoms with Crippen LogP contribution in [0.5, 0.6) is 0 Å². The zero-order chi connectivity index (χ0) is 10.3. The third-order valence-corrected chi connectivity index (χ3v) is 1.70. The van der Waals surface area contributed by atoms with Crippen LogP contribution in [-0.4, -0.2) is 24.8 Å². The molecule has 0 spiro atoms. The normalized spacial score (nSPS) is 14.2. The summed E-state index contributed by atoms with van der Waals surface area (Å²) < 4.78 is 5.45. The van der Waals surface area contributed by atoms with Crippen molar-refractivity contribution >= 4 is 0 Å². The Labute approximate surface area is 82.4 Å². The van der Waals surface area contributed by atoms with Gasteiger partial charge in [-0.1, -0.05) is 6.08 Å². The summed E-state index contributed by atoms with van der Waals surface area (Å²) >= 11 is 0. The molecule has 0 aromatic rings. The van der Waals surface area contributed by atoms with Gasteiger partial charge in [-0.3, -0.25) is 0 Å². The molecule has 0 fully saturated rings. The summed E-state index contributed by atoms with van der Waals surface area (Å²) in [6, 6.07) is 0. The van der Waals surface area contributed by atoms with Crippen molar-refractivity contribution in [2.24, 2.45) is 0 Å². The maximum absolute atomic E-state index is 5.45. The van der Waals surface area contributed by atoms with E-state index < -0.39 is 0 Å². The molecule has 2 heteroatoms. The molecule has 1 N–H and O–H groups in total. The highest BCUT2D eigenvalue weighted by Gasteiger charge is 2.08. The van der Waals surface area contributed by atoms with E-state index in [1.165, 1.54) is 0 Å². The third-order valence-electron chi connectivity index (χ3n) is 1.70. The van der Waals surface area contributed by atoms with E-state index in [1.54, 1.807) is 6.08 Å². The Balaban J connectivity index is 3.36. The highest BCUT2D eigenvalue weighted by atomic mass is 16.5. The number of ether oxygens (including phenoxy) is 1. The summed E-state index contributed by atoms with van der Waals surface area (Å²) in [4.78, 5) is 0. The lowest BCUT2D eigenvalue weighted by molar-refractivity contribution is 0.0807. The minimum absolute atomic E-state index is 0.207. The van der Waals surface area contributed by atoms with Gasteiger partial charge in [0.2, 0.25) is 0 Å². The van der Waals surface area contributed by atoms with Gasteiger partial charge in [0.15, 0.2) is 0 Å². The average Bonchev–Trinajstić information content (AvgIpc) is 1.98. The molecule has 13 heavy (non-hydrogen) atoms. The van der Waals surface area contributed by atoms with Crippen molar-refractivity contribution in [2.75, 3.05) is 13.2 Å². The topological polar surface area (TPSA) is 21.3 Å². The highest BCUT2D eigenvalue weighted by Crippen LogP contribution is 2.01. The first kappa shape index (κ1) is 12.7. The lowest BCUT2D eigenvalue weighted by atomic mass is 10.1. The molecule has 0 bridgehead atoms. The molecule has 2 nitrogen and oxygen atoms in total. The van der Waals surface area contributed by atoms with Crippen molar-refractivity contribution in [3.8, 4) is 0 Å². The van der Waals surface area contributed by atoms with Crippen LogP contribution in [0.15, 0.2) is 12.7 Å². The zero-order valence-electron chi connectivity index (χ0n) is 9.39. The monoisotopic (exact) mass is 185 g/mol. The molecule has 0 aromatic heterocycles. The molecule has 0 saturated carbocycles. The second-order valence-electron chi connectivity index (χ2n) is 4.40. The fourth-order valence-corrected chi connectivity index (χ4v) is 0.966. The van der Waals surface area contributed by atoms with Crippen LogP contribution in [0.3, 0.4) is 0 Å². The fourth-order valence-electron chi connectivity index (χ4n) is 0.966. The van der Waals surface area contributed by atoms with Crippen LogP contribution in [0.25, 0.3) is 0 Å². The summed E-state index contributed by atoms with van der Waals surface area (Å²) in [5, 5.41) is 3.42. The van der Waals surface area contributed by atoms with Crippen LogP contribution in [-0.2, 0) is 4.74 Å². The molecule has 1 unspecified atom stereocenters. The van der Waals surface area contributed by atoms with Crippen LogP contribution >= 0.6 is 0 Å². The Bertz CT molecular complexity index is 138. The molecule has 0 radical (unpaired) electrons. The first-order chi connectivity index (χ1) is 5.95. The van der Waals surface area contributed by atoms with Gasteiger partial charge in [0, 0.05) is 5.54 Å². The van der Waals surface area contributed by atoms with E-state index in [2.05, 4.69) is 39.6 Å². The molecule has 78 valence electrons. The van der Waals surface area contributed by atoms with E-state index in [9.17, 15) is 0 Å². The molecule has 0 aliphatic carbocycles. The van der Waals surface area contributed by atoms with Crippen molar-refractivity contribution in [3.05, 3.63) is 12.7 Å². The highest BCUT2D eigenvalue weighted by molar-refractivity contribution is 4.71. The van der Waals surface area contributed by atoms with Gasteiger partial charge in [0.25, 0.3) is 0 Å². The van der Waals surface area contributed by atoms with Gasteiger partial charge in [-0.15, -0.1) is 6.58 Å². The Hall–Kier alpha value is -0.340. The van der Waals surface area contributed by atoms with Crippen molar-refractivity contribution in [3.63, 3.8) is 0 Å². The standard InChI is InChI=1S/C11H23NO/c1-6-9-13-10(2)7-8-12-11(3,4)5/h6,10,12H,1,7-9H2,2-5H3. The summed E-state index contributed by atoms with van der Waals surface area (Å²) in [6.07, 6.45) is 3.14. The molecule has 0 heterocycles. The van der Waals surface area contributed by atoms with Crippen LogP contribution in [0.1, 0.15) is 34.1 Å². The van der Waals surface area contributed by atoms with Gasteiger partial charge in [-0.05, 0) is 40.7 Å². The molecule has 1 atom stereocenters. The summed E-state index contributed by atoms with van der Waals surface area (Å²) in [5.41, 5.74) is 0.207. The minimum atomic E-state index is 0.207. The summed E-state index contributed by atoms with van der Waals surface area (Å²) in [7, 11) is 0. The second kappa shape index (κ2) is 6.17. The van der Waals surface area contributed by atoms with Crippen LogP contribution in [0.2, 0.25) is 0 Å². The Morgan fingerprint density at radius 2 is 2.08 bits per heavy atom. The molecule has 0 rings (SSSR count). The maximum Gasteiger partial charge on any atom is 0.0648 e. The smallest absolute Gasteiger partial charge is 0.0648 e. The number of hydrogen-bond acceptors (Lipinski definition) is 2. The molecule has 0 aliphatic rings. The minimum Gasteiger partial charge on any atom is -0.374 e. The van der Waals surface area contributed by atoms with Gasteiger partial charge >= 0.3 is 0 Å². The average molecular weight is 185 g/mol. The quantitative estimate of drug-likeness (QED) is 0.641. The van der Waals surface area contributed by atoms with E-state index in [1.807, 2.05) is 0 Å². The van der Waals surface area contributed by atoms with E-state index in [0.29, 0.717) is 12.7 Å². The molecular weight excluding hydrogens is 162 g/mol. The van der Waals surface area contributed by atoms with E-state index >= 15 is 0 Å². The van der Waals surface area contributed by atoms with Crippen molar-refractivity contribution in [2.45, 2.75) is 45.8 Å². The van der Waals surface area contributed by atoms with Gasteiger partial charge in [0.05, 0.1) is 12.7 Å². The maximum atomic E-state index is 5.45. The molecule has 0 amide bonds. The lowest BCUT2D eigenvalue weighted by Crippen LogP contribution is -2.37. The van der Waals surface area contributed by atoms with Gasteiger partial charge in [0.1, 0.15) is 0 Å². The molecular formula is C11H23NO. The molecule has 0 aliphatic heterocycles. The largest absolute Gasteiger partial charge is 0.374 e. The SMILES string of the molecule is C=CCOC(C)CCNC(C)(C)C. The predicted octanol–water partition coefficient (Wildman–Crippen LogP) is 2.36. The van der Waals surface area contributed by atoms with Gasteiger partial charge in [-0.2, -0.15) is 0 Å². The number of rotatable bonds is 6. The van der Waals surface area contributed by atoms with Crippen molar-refractivity contribution < 1.29 is 4.74 Å². The number of nitrogens with one attached hydrogen (secondary N) is 1. The predicted molar refractivity (Wildman–Crippen MR) is 58.0 cm³/mol. The van der Waals surface area contributed by atoms with E-state index in [-0.39, 0.29) is 5.54 Å².